The van der Waals surface area contributed by atoms with Crippen LogP contribution in [0.3, 0.4) is 0 Å². The molecular weight excluding hydrogens is 210 g/mol. The topological polar surface area (TPSA) is 46.2 Å². The molecule has 2 atom stereocenters. The normalized spacial score (nSPS) is 27.1. The van der Waals surface area contributed by atoms with Gasteiger partial charge in [0.05, 0.1) is 5.75 Å². The molecule has 0 radical (unpaired) electrons. The summed E-state index contributed by atoms with van der Waals surface area (Å²) >= 11 is 0. The molecule has 0 spiro atoms. The summed E-state index contributed by atoms with van der Waals surface area (Å²) in [5.41, 5.74) is 0. The standard InChI is InChI=1S/C11H23NO2S/c1-3-15(13,14)9-5-7-10-6-4-8-11(10)12-2/h10-12H,3-9H2,1-2H3. The van der Waals surface area contributed by atoms with Crippen LogP contribution in [0.5, 0.6) is 0 Å². The Morgan fingerprint density at radius 3 is 2.67 bits per heavy atom. The molecule has 1 aliphatic carbocycles. The Balaban J connectivity index is 2.25. The van der Waals surface area contributed by atoms with Crippen LogP contribution in [0.25, 0.3) is 0 Å². The van der Waals surface area contributed by atoms with Crippen molar-refractivity contribution in [3.05, 3.63) is 0 Å². The molecule has 0 aromatic carbocycles. The fourth-order valence-electron chi connectivity index (χ4n) is 2.47. The first kappa shape index (κ1) is 13.0. The van der Waals surface area contributed by atoms with Crippen molar-refractivity contribution < 1.29 is 8.42 Å². The maximum absolute atomic E-state index is 11.3. The molecule has 1 aliphatic rings. The van der Waals surface area contributed by atoms with Crippen LogP contribution < -0.4 is 5.32 Å². The molecule has 1 saturated carbocycles. The van der Waals surface area contributed by atoms with E-state index in [9.17, 15) is 8.42 Å². The molecule has 1 N–H and O–H groups in total. The first-order valence-corrected chi connectivity index (χ1v) is 7.79. The molecule has 1 rings (SSSR count). The molecule has 2 unspecified atom stereocenters. The molecular formula is C11H23NO2S. The Morgan fingerprint density at radius 2 is 2.07 bits per heavy atom. The fraction of sp³-hybridized carbons (Fsp3) is 1.00. The van der Waals surface area contributed by atoms with Crippen LogP contribution in [-0.2, 0) is 9.84 Å². The van der Waals surface area contributed by atoms with Crippen molar-refractivity contribution in [2.24, 2.45) is 5.92 Å². The predicted octanol–water partition coefficient (Wildman–Crippen LogP) is 1.59. The monoisotopic (exact) mass is 233 g/mol. The van der Waals surface area contributed by atoms with Gasteiger partial charge in [0.15, 0.2) is 0 Å². The largest absolute Gasteiger partial charge is 0.317 e. The first-order valence-electron chi connectivity index (χ1n) is 5.96. The number of hydrogen-bond acceptors (Lipinski definition) is 3. The summed E-state index contributed by atoms with van der Waals surface area (Å²) in [6, 6.07) is 0.620. The van der Waals surface area contributed by atoms with E-state index >= 15 is 0 Å². The van der Waals surface area contributed by atoms with Crippen LogP contribution in [0.4, 0.5) is 0 Å². The van der Waals surface area contributed by atoms with Gasteiger partial charge in [-0.15, -0.1) is 0 Å². The highest BCUT2D eigenvalue weighted by molar-refractivity contribution is 7.91. The number of hydrogen-bond donors (Lipinski definition) is 1. The van der Waals surface area contributed by atoms with Crippen molar-refractivity contribution in [1.82, 2.24) is 5.32 Å². The smallest absolute Gasteiger partial charge is 0.150 e. The van der Waals surface area contributed by atoms with Gasteiger partial charge in [-0.3, -0.25) is 0 Å². The van der Waals surface area contributed by atoms with Crippen LogP contribution in [0.2, 0.25) is 0 Å². The number of rotatable bonds is 6. The lowest BCUT2D eigenvalue weighted by Crippen LogP contribution is -2.29. The van der Waals surface area contributed by atoms with Gasteiger partial charge in [0.2, 0.25) is 0 Å². The highest BCUT2D eigenvalue weighted by Gasteiger charge is 2.25. The summed E-state index contributed by atoms with van der Waals surface area (Å²) in [7, 11) is -0.750. The van der Waals surface area contributed by atoms with E-state index in [4.69, 9.17) is 0 Å². The van der Waals surface area contributed by atoms with Gasteiger partial charge in [-0.25, -0.2) is 8.42 Å². The van der Waals surface area contributed by atoms with Crippen molar-refractivity contribution in [1.29, 1.82) is 0 Å². The van der Waals surface area contributed by atoms with Crippen LogP contribution in [0.15, 0.2) is 0 Å². The highest BCUT2D eigenvalue weighted by Crippen LogP contribution is 2.29. The van der Waals surface area contributed by atoms with Crippen molar-refractivity contribution in [2.45, 2.75) is 45.1 Å². The van der Waals surface area contributed by atoms with Gasteiger partial charge in [0, 0.05) is 11.8 Å². The fourth-order valence-corrected chi connectivity index (χ4v) is 3.37. The van der Waals surface area contributed by atoms with Crippen molar-refractivity contribution in [2.75, 3.05) is 18.6 Å². The quantitative estimate of drug-likeness (QED) is 0.758. The third-order valence-corrected chi connectivity index (χ3v) is 5.29. The SMILES string of the molecule is CCS(=O)(=O)CCCC1CCCC1NC. The van der Waals surface area contributed by atoms with Crippen LogP contribution in [0.1, 0.15) is 39.0 Å². The van der Waals surface area contributed by atoms with E-state index in [2.05, 4.69) is 5.32 Å². The molecule has 0 aromatic heterocycles. The zero-order valence-electron chi connectivity index (χ0n) is 9.83. The van der Waals surface area contributed by atoms with Gasteiger partial charge >= 0.3 is 0 Å². The molecule has 0 heterocycles. The average molecular weight is 233 g/mol. The molecule has 4 heteroatoms. The van der Waals surface area contributed by atoms with E-state index in [1.807, 2.05) is 7.05 Å². The molecule has 0 saturated heterocycles. The second-order valence-corrected chi connectivity index (χ2v) is 6.94. The third-order valence-electron chi connectivity index (χ3n) is 3.50. The molecule has 3 nitrogen and oxygen atoms in total. The summed E-state index contributed by atoms with van der Waals surface area (Å²) in [6.45, 7) is 1.72. The summed E-state index contributed by atoms with van der Waals surface area (Å²) in [5.74, 6) is 1.35. The first-order chi connectivity index (χ1) is 7.09. The van der Waals surface area contributed by atoms with E-state index in [1.165, 1.54) is 19.3 Å². The lowest BCUT2D eigenvalue weighted by molar-refractivity contribution is 0.397. The molecule has 0 aliphatic heterocycles. The lowest BCUT2D eigenvalue weighted by Gasteiger charge is -2.18. The minimum Gasteiger partial charge on any atom is -0.317 e. The van der Waals surface area contributed by atoms with E-state index in [-0.39, 0.29) is 5.75 Å². The Labute approximate surface area is 93.6 Å². The zero-order valence-corrected chi connectivity index (χ0v) is 10.6. The van der Waals surface area contributed by atoms with Crippen LogP contribution >= 0.6 is 0 Å². The van der Waals surface area contributed by atoms with Gasteiger partial charge in [-0.05, 0) is 38.6 Å². The Morgan fingerprint density at radius 1 is 1.33 bits per heavy atom. The molecule has 90 valence electrons. The molecule has 0 amide bonds. The Bertz CT molecular complexity index is 274. The predicted molar refractivity (Wildman–Crippen MR) is 63.8 cm³/mol. The summed E-state index contributed by atoms with van der Waals surface area (Å²) < 4.78 is 22.6. The summed E-state index contributed by atoms with van der Waals surface area (Å²) in [5, 5.41) is 3.33. The van der Waals surface area contributed by atoms with Crippen LogP contribution in [0, 0.1) is 5.92 Å². The minimum absolute atomic E-state index is 0.285. The Hall–Kier alpha value is -0.0900. The molecule has 15 heavy (non-hydrogen) atoms. The molecule has 0 bridgehead atoms. The average Bonchev–Trinajstić information content (AvgIpc) is 2.65. The summed E-state index contributed by atoms with van der Waals surface area (Å²) in [4.78, 5) is 0. The zero-order chi connectivity index (χ0) is 11.3. The minimum atomic E-state index is -2.76. The summed E-state index contributed by atoms with van der Waals surface area (Å²) in [6.07, 6.45) is 5.69. The second-order valence-electron chi connectivity index (χ2n) is 4.46. The van der Waals surface area contributed by atoms with E-state index < -0.39 is 9.84 Å². The van der Waals surface area contributed by atoms with Crippen molar-refractivity contribution in [3.8, 4) is 0 Å². The van der Waals surface area contributed by atoms with Crippen molar-refractivity contribution in [3.63, 3.8) is 0 Å². The van der Waals surface area contributed by atoms with Gasteiger partial charge in [-0.2, -0.15) is 0 Å². The maximum atomic E-state index is 11.3. The Kier molecular flexibility index (Phi) is 5.06. The van der Waals surface area contributed by atoms with Gasteiger partial charge in [0.1, 0.15) is 9.84 Å². The van der Waals surface area contributed by atoms with Gasteiger partial charge < -0.3 is 5.32 Å². The van der Waals surface area contributed by atoms with E-state index in [0.29, 0.717) is 17.7 Å². The number of nitrogens with one attached hydrogen (secondary N) is 1. The maximum Gasteiger partial charge on any atom is 0.150 e. The van der Waals surface area contributed by atoms with Crippen molar-refractivity contribution >= 4 is 9.84 Å². The molecule has 1 fully saturated rings. The lowest BCUT2D eigenvalue weighted by atomic mass is 9.98. The second kappa shape index (κ2) is 5.85. The van der Waals surface area contributed by atoms with E-state index in [0.717, 1.165) is 12.8 Å². The molecule has 0 aromatic rings. The van der Waals surface area contributed by atoms with Crippen LogP contribution in [-0.4, -0.2) is 33.0 Å². The highest BCUT2D eigenvalue weighted by atomic mass is 32.2. The third kappa shape index (κ3) is 4.11. The number of sulfone groups is 1. The van der Waals surface area contributed by atoms with E-state index in [1.54, 1.807) is 6.92 Å². The van der Waals surface area contributed by atoms with Gasteiger partial charge in [0.25, 0.3) is 0 Å². The van der Waals surface area contributed by atoms with Gasteiger partial charge in [-0.1, -0.05) is 13.3 Å².